The van der Waals surface area contributed by atoms with Gasteiger partial charge in [-0.2, -0.15) is 0 Å². The number of furan rings is 1. The van der Waals surface area contributed by atoms with Crippen LogP contribution in [0.2, 0.25) is 0 Å². The van der Waals surface area contributed by atoms with Gasteiger partial charge in [0.2, 0.25) is 0 Å². The highest BCUT2D eigenvalue weighted by Gasteiger charge is 2.25. The molecule has 262 valence electrons. The van der Waals surface area contributed by atoms with Crippen molar-refractivity contribution >= 4 is 72.4 Å². The lowest BCUT2D eigenvalue weighted by molar-refractivity contribution is 0.669. The van der Waals surface area contributed by atoms with Gasteiger partial charge in [-0.25, -0.2) is 0 Å². The molecule has 0 saturated heterocycles. The molecule has 55 heavy (non-hydrogen) atoms. The molecule has 8 aromatic carbocycles. The van der Waals surface area contributed by atoms with Gasteiger partial charge in [0.15, 0.2) is 0 Å². The SMILES string of the molecule is C1=CC(c2cccc(N(c3ccccc3)c3cc4oc5cc6ccccc6cc5c4cc3N(c3ccccc3)c3cccc(-c4ccccc4)c3)c2)=CCC1. The quantitative estimate of drug-likeness (QED) is 0.157. The number of anilines is 6. The molecule has 0 bridgehead atoms. The third kappa shape index (κ3) is 6.16. The molecular weight excluding hydrogens is 669 g/mol. The molecule has 1 aliphatic carbocycles. The number of nitrogens with zero attached hydrogens (tertiary/aromatic N) is 2. The van der Waals surface area contributed by atoms with Crippen LogP contribution in [0.1, 0.15) is 18.4 Å². The maximum atomic E-state index is 6.80. The third-order valence-electron chi connectivity index (χ3n) is 10.6. The van der Waals surface area contributed by atoms with Gasteiger partial charge in [0.05, 0.1) is 11.4 Å². The predicted molar refractivity (Wildman–Crippen MR) is 232 cm³/mol. The summed E-state index contributed by atoms with van der Waals surface area (Å²) in [6, 6.07) is 67.3. The van der Waals surface area contributed by atoms with E-state index in [1.807, 2.05) is 0 Å². The van der Waals surface area contributed by atoms with Crippen molar-refractivity contribution in [2.75, 3.05) is 9.80 Å². The van der Waals surface area contributed by atoms with E-state index in [2.05, 4.69) is 216 Å². The largest absolute Gasteiger partial charge is 0.456 e. The topological polar surface area (TPSA) is 19.6 Å². The number of rotatable bonds is 8. The van der Waals surface area contributed by atoms with Gasteiger partial charge in [-0.1, -0.05) is 133 Å². The van der Waals surface area contributed by atoms with E-state index in [4.69, 9.17) is 4.42 Å². The number of allylic oxidation sites excluding steroid dienone is 4. The Hall–Kier alpha value is -7.10. The first kappa shape index (κ1) is 32.5. The van der Waals surface area contributed by atoms with Crippen molar-refractivity contribution in [3.63, 3.8) is 0 Å². The number of hydrogen-bond donors (Lipinski definition) is 0. The molecule has 0 aliphatic heterocycles. The fourth-order valence-electron chi connectivity index (χ4n) is 7.96. The van der Waals surface area contributed by atoms with Gasteiger partial charge in [0, 0.05) is 39.6 Å². The van der Waals surface area contributed by atoms with Crippen LogP contribution in [0.25, 0.3) is 49.4 Å². The van der Waals surface area contributed by atoms with Gasteiger partial charge in [0.25, 0.3) is 0 Å². The summed E-state index contributed by atoms with van der Waals surface area (Å²) in [6.07, 6.45) is 9.00. The number of benzene rings is 8. The molecule has 0 spiro atoms. The molecule has 3 heteroatoms. The molecule has 9 aromatic rings. The molecule has 1 aliphatic rings. The molecular formula is C52H38N2O. The number of para-hydroxylation sites is 2. The fourth-order valence-corrected chi connectivity index (χ4v) is 7.96. The summed E-state index contributed by atoms with van der Waals surface area (Å²) in [6.45, 7) is 0. The second-order valence-corrected chi connectivity index (χ2v) is 14.1. The Bertz CT molecular complexity index is 2870. The van der Waals surface area contributed by atoms with E-state index in [0.29, 0.717) is 0 Å². The Kier molecular flexibility index (Phi) is 8.31. The van der Waals surface area contributed by atoms with Crippen LogP contribution in [0.4, 0.5) is 34.1 Å². The highest BCUT2D eigenvalue weighted by molar-refractivity contribution is 6.13. The van der Waals surface area contributed by atoms with Crippen molar-refractivity contribution in [1.29, 1.82) is 0 Å². The Morgan fingerprint density at radius 2 is 0.891 bits per heavy atom. The minimum Gasteiger partial charge on any atom is -0.456 e. The van der Waals surface area contributed by atoms with E-state index < -0.39 is 0 Å². The van der Waals surface area contributed by atoms with Gasteiger partial charge in [-0.3, -0.25) is 0 Å². The zero-order chi connectivity index (χ0) is 36.6. The summed E-state index contributed by atoms with van der Waals surface area (Å²) < 4.78 is 6.80. The van der Waals surface area contributed by atoms with E-state index in [1.165, 1.54) is 22.1 Å². The average molecular weight is 707 g/mol. The normalized spacial score (nSPS) is 12.6. The lowest BCUT2D eigenvalue weighted by atomic mass is 9.98. The van der Waals surface area contributed by atoms with Crippen molar-refractivity contribution in [3.8, 4) is 11.1 Å². The highest BCUT2D eigenvalue weighted by atomic mass is 16.3. The van der Waals surface area contributed by atoms with Crippen LogP contribution in [0.15, 0.2) is 211 Å². The van der Waals surface area contributed by atoms with Crippen molar-refractivity contribution in [2.45, 2.75) is 12.8 Å². The molecule has 1 aromatic heterocycles. The summed E-state index contributed by atoms with van der Waals surface area (Å²) in [5.74, 6) is 0. The van der Waals surface area contributed by atoms with Gasteiger partial charge in [0.1, 0.15) is 11.2 Å². The summed E-state index contributed by atoms with van der Waals surface area (Å²) in [4.78, 5) is 4.78. The summed E-state index contributed by atoms with van der Waals surface area (Å²) >= 11 is 0. The monoisotopic (exact) mass is 706 g/mol. The number of fused-ring (bicyclic) bond motifs is 4. The maximum absolute atomic E-state index is 6.80. The molecule has 3 nitrogen and oxygen atoms in total. The van der Waals surface area contributed by atoms with Crippen LogP contribution in [-0.2, 0) is 0 Å². The third-order valence-corrected chi connectivity index (χ3v) is 10.6. The first-order chi connectivity index (χ1) is 27.3. The molecule has 0 N–H and O–H groups in total. The second-order valence-electron chi connectivity index (χ2n) is 14.1. The lowest BCUT2D eigenvalue weighted by Gasteiger charge is -2.33. The minimum absolute atomic E-state index is 0.838. The first-order valence-corrected chi connectivity index (χ1v) is 19.0. The molecule has 0 atom stereocenters. The zero-order valence-corrected chi connectivity index (χ0v) is 30.3. The van der Waals surface area contributed by atoms with Crippen molar-refractivity contribution in [2.24, 2.45) is 0 Å². The molecule has 0 saturated carbocycles. The van der Waals surface area contributed by atoms with E-state index in [-0.39, 0.29) is 0 Å². The maximum Gasteiger partial charge on any atom is 0.137 e. The minimum atomic E-state index is 0.838. The van der Waals surface area contributed by atoms with Gasteiger partial charge in [-0.05, 0) is 113 Å². The average Bonchev–Trinajstić information content (AvgIpc) is 3.60. The lowest BCUT2D eigenvalue weighted by Crippen LogP contribution is -2.17. The van der Waals surface area contributed by atoms with E-state index >= 15 is 0 Å². The van der Waals surface area contributed by atoms with Crippen LogP contribution in [0.5, 0.6) is 0 Å². The van der Waals surface area contributed by atoms with Crippen molar-refractivity contribution in [3.05, 3.63) is 212 Å². The molecule has 0 amide bonds. The predicted octanol–water partition coefficient (Wildman–Crippen LogP) is 15.1. The van der Waals surface area contributed by atoms with Crippen molar-refractivity contribution in [1.82, 2.24) is 0 Å². The Morgan fingerprint density at radius 3 is 1.55 bits per heavy atom. The standard InChI is InChI=1S/C52H38N2O/c1-5-17-37(18-6-1)39-23-15-29-45(31-39)53(43-25-9-3-10-26-43)49-35-48-47-33-41-21-13-14-22-42(41)34-51(47)55-52(48)36-50(49)54(44-27-11-4-12-28-44)46-30-16-24-40(32-46)38-19-7-2-8-20-38/h1,3-7,9-36H,2,8H2. The fraction of sp³-hybridized carbons (Fsp3) is 0.0385. The van der Waals surface area contributed by atoms with Crippen LogP contribution in [0.3, 0.4) is 0 Å². The van der Waals surface area contributed by atoms with Gasteiger partial charge < -0.3 is 14.2 Å². The van der Waals surface area contributed by atoms with Crippen LogP contribution < -0.4 is 9.80 Å². The van der Waals surface area contributed by atoms with Crippen molar-refractivity contribution < 1.29 is 4.42 Å². The Balaban J connectivity index is 1.28. The molecule has 10 rings (SSSR count). The smallest absolute Gasteiger partial charge is 0.137 e. The first-order valence-electron chi connectivity index (χ1n) is 19.0. The van der Waals surface area contributed by atoms with Crippen LogP contribution >= 0.6 is 0 Å². The summed E-state index contributed by atoms with van der Waals surface area (Å²) in [7, 11) is 0. The second kappa shape index (κ2) is 14.0. The molecule has 0 unspecified atom stereocenters. The summed E-state index contributed by atoms with van der Waals surface area (Å²) in [5.41, 5.74) is 12.8. The van der Waals surface area contributed by atoms with Gasteiger partial charge >= 0.3 is 0 Å². The Labute approximate surface area is 321 Å². The van der Waals surface area contributed by atoms with Gasteiger partial charge in [-0.15, -0.1) is 0 Å². The summed E-state index contributed by atoms with van der Waals surface area (Å²) in [5, 5.41) is 4.51. The van der Waals surface area contributed by atoms with E-state index in [1.54, 1.807) is 0 Å². The number of hydrogen-bond acceptors (Lipinski definition) is 3. The van der Waals surface area contributed by atoms with E-state index in [9.17, 15) is 0 Å². The molecule has 0 radical (unpaired) electrons. The van der Waals surface area contributed by atoms with E-state index in [0.717, 1.165) is 79.9 Å². The highest BCUT2D eigenvalue weighted by Crippen LogP contribution is 2.49. The van der Waals surface area contributed by atoms with Crippen LogP contribution in [-0.4, -0.2) is 0 Å². The Morgan fingerprint density at radius 1 is 0.382 bits per heavy atom. The van der Waals surface area contributed by atoms with Crippen LogP contribution in [0, 0.1) is 0 Å². The molecule has 0 fully saturated rings. The molecule has 1 heterocycles. The zero-order valence-electron chi connectivity index (χ0n) is 30.3.